The Bertz CT molecular complexity index is 1300. The lowest BCUT2D eigenvalue weighted by atomic mass is 10.2. The summed E-state index contributed by atoms with van der Waals surface area (Å²) in [5.41, 5.74) is 2.07. The van der Waals surface area contributed by atoms with Crippen molar-refractivity contribution in [3.8, 4) is 18.1 Å². The molecule has 33 heavy (non-hydrogen) atoms. The van der Waals surface area contributed by atoms with Gasteiger partial charge in [0.05, 0.1) is 21.3 Å². The Hall–Kier alpha value is -2.88. The summed E-state index contributed by atoms with van der Waals surface area (Å²) in [5, 5.41) is 2.10. The van der Waals surface area contributed by atoms with Gasteiger partial charge in [-0.25, -0.2) is 4.99 Å². The van der Waals surface area contributed by atoms with E-state index in [2.05, 4.69) is 10.9 Å². The average molecular weight is 514 g/mol. The van der Waals surface area contributed by atoms with Gasteiger partial charge in [0.2, 0.25) is 0 Å². The normalized spacial score (nSPS) is 15.8. The summed E-state index contributed by atoms with van der Waals surface area (Å²) in [6.07, 6.45) is 6.99. The third-order valence-corrected chi connectivity index (χ3v) is 6.28. The van der Waals surface area contributed by atoms with Crippen molar-refractivity contribution in [1.82, 2.24) is 0 Å². The Morgan fingerprint density at radius 3 is 2.30 bits per heavy atom. The first-order valence-electron chi connectivity index (χ1n) is 9.64. The molecule has 0 bridgehead atoms. The van der Waals surface area contributed by atoms with E-state index in [0.29, 0.717) is 42.3 Å². The number of nitrogens with zero attached hydrogens (tertiary/aromatic N) is 2. The maximum absolute atomic E-state index is 13.4. The third-order valence-electron chi connectivity index (χ3n) is 4.51. The van der Waals surface area contributed by atoms with Gasteiger partial charge in [-0.15, -0.1) is 6.42 Å². The number of halogens is 3. The van der Waals surface area contributed by atoms with Gasteiger partial charge < -0.3 is 4.74 Å². The summed E-state index contributed by atoms with van der Waals surface area (Å²) < 4.78 is 5.40. The van der Waals surface area contributed by atoms with Crippen molar-refractivity contribution in [3.05, 3.63) is 92.3 Å². The van der Waals surface area contributed by atoms with Crippen LogP contribution in [0, 0.1) is 12.3 Å². The second kappa shape index (κ2) is 10.4. The molecule has 0 radical (unpaired) electrons. The van der Waals surface area contributed by atoms with Crippen molar-refractivity contribution < 1.29 is 9.53 Å². The molecule has 4 nitrogen and oxygen atoms in total. The molecule has 0 unspecified atom stereocenters. The molecular formula is C25H15Cl3N2O2S. The SMILES string of the molecule is C#CCOc1ccc(/C=C2\SC(=Nc3ccc(Cl)cc3)N(c3ccc(Cl)cc3)C2=O)cc1Cl. The summed E-state index contributed by atoms with van der Waals surface area (Å²) in [6, 6.07) is 19.3. The fraction of sp³-hybridized carbons (Fsp3) is 0.0400. The molecule has 0 atom stereocenters. The van der Waals surface area contributed by atoms with E-state index in [4.69, 9.17) is 46.0 Å². The molecule has 1 aliphatic rings. The smallest absolute Gasteiger partial charge is 0.271 e. The minimum absolute atomic E-state index is 0.120. The molecule has 8 heteroatoms. The van der Waals surface area contributed by atoms with Crippen LogP contribution >= 0.6 is 46.6 Å². The van der Waals surface area contributed by atoms with E-state index in [1.807, 2.05) is 0 Å². The first kappa shape index (κ1) is 23.3. The van der Waals surface area contributed by atoms with E-state index in [1.165, 1.54) is 11.8 Å². The lowest BCUT2D eigenvalue weighted by Crippen LogP contribution is -2.28. The number of amidine groups is 1. The molecule has 1 fully saturated rings. The van der Waals surface area contributed by atoms with Crippen LogP contribution in [0.5, 0.6) is 5.75 Å². The number of thioether (sulfide) groups is 1. The molecule has 164 valence electrons. The van der Waals surface area contributed by atoms with Crippen LogP contribution in [-0.4, -0.2) is 17.7 Å². The van der Waals surface area contributed by atoms with Crippen LogP contribution in [0.3, 0.4) is 0 Å². The van der Waals surface area contributed by atoms with E-state index < -0.39 is 0 Å². The Balaban J connectivity index is 1.71. The highest BCUT2D eigenvalue weighted by Crippen LogP contribution is 2.38. The van der Waals surface area contributed by atoms with E-state index >= 15 is 0 Å². The molecule has 1 aliphatic heterocycles. The lowest BCUT2D eigenvalue weighted by molar-refractivity contribution is -0.113. The second-order valence-corrected chi connectivity index (χ2v) is 9.07. The Morgan fingerprint density at radius 2 is 1.67 bits per heavy atom. The molecule has 0 aromatic heterocycles. The largest absolute Gasteiger partial charge is 0.479 e. The van der Waals surface area contributed by atoms with Gasteiger partial charge in [0, 0.05) is 10.0 Å². The summed E-state index contributed by atoms with van der Waals surface area (Å²) in [7, 11) is 0. The van der Waals surface area contributed by atoms with Gasteiger partial charge in [-0.05, 0) is 84.1 Å². The maximum Gasteiger partial charge on any atom is 0.271 e. The van der Waals surface area contributed by atoms with E-state index in [0.717, 1.165) is 5.56 Å². The zero-order valence-electron chi connectivity index (χ0n) is 17.0. The van der Waals surface area contributed by atoms with Gasteiger partial charge in [0.1, 0.15) is 12.4 Å². The van der Waals surface area contributed by atoms with Crippen molar-refractivity contribution >= 4 is 75.1 Å². The summed E-state index contributed by atoms with van der Waals surface area (Å²) >= 11 is 19.6. The van der Waals surface area contributed by atoms with E-state index in [-0.39, 0.29) is 12.5 Å². The molecule has 1 saturated heterocycles. The topological polar surface area (TPSA) is 41.9 Å². The van der Waals surface area contributed by atoms with E-state index in [1.54, 1.807) is 77.7 Å². The highest BCUT2D eigenvalue weighted by Gasteiger charge is 2.34. The Morgan fingerprint density at radius 1 is 1.00 bits per heavy atom. The number of ether oxygens (including phenoxy) is 1. The number of carbonyl (C=O) groups is 1. The zero-order valence-corrected chi connectivity index (χ0v) is 20.1. The number of hydrogen-bond donors (Lipinski definition) is 0. The lowest BCUT2D eigenvalue weighted by Gasteiger charge is -2.15. The van der Waals surface area contributed by atoms with E-state index in [9.17, 15) is 4.79 Å². The standard InChI is InChI=1S/C25H15Cl3N2O2S/c1-2-13-32-22-12-3-16(14-21(22)28)15-23-24(31)30(20-10-6-18(27)7-11-20)25(33-23)29-19-8-4-17(26)5-9-19/h1,3-12,14-15H,13H2/b23-15-,29-25?. The van der Waals surface area contributed by atoms with Crippen LogP contribution in [0.15, 0.2) is 76.6 Å². The zero-order chi connectivity index (χ0) is 23.4. The predicted molar refractivity (Wildman–Crippen MR) is 139 cm³/mol. The summed E-state index contributed by atoms with van der Waals surface area (Å²) in [6.45, 7) is 0.120. The van der Waals surface area contributed by atoms with Crippen LogP contribution in [0.4, 0.5) is 11.4 Å². The fourth-order valence-corrected chi connectivity index (χ4v) is 4.48. The minimum Gasteiger partial charge on any atom is -0.479 e. The molecular weight excluding hydrogens is 499 g/mol. The molecule has 1 heterocycles. The van der Waals surface area contributed by atoms with Crippen LogP contribution < -0.4 is 9.64 Å². The molecule has 1 amide bonds. The quantitative estimate of drug-likeness (QED) is 0.262. The van der Waals surface area contributed by atoms with Crippen LogP contribution in [0.1, 0.15) is 5.56 Å². The monoisotopic (exact) mass is 512 g/mol. The average Bonchev–Trinajstić information content (AvgIpc) is 3.10. The number of terminal acetylenes is 1. The minimum atomic E-state index is -0.209. The van der Waals surface area contributed by atoms with Gasteiger partial charge in [-0.3, -0.25) is 9.69 Å². The number of amides is 1. The fourth-order valence-electron chi connectivity index (χ4n) is 2.99. The van der Waals surface area contributed by atoms with Gasteiger partial charge >= 0.3 is 0 Å². The maximum atomic E-state index is 13.4. The Labute approximate surface area is 210 Å². The van der Waals surface area contributed by atoms with Gasteiger partial charge in [0.15, 0.2) is 5.17 Å². The van der Waals surface area contributed by atoms with Crippen molar-refractivity contribution in [1.29, 1.82) is 0 Å². The van der Waals surface area contributed by atoms with Gasteiger partial charge in [0.25, 0.3) is 5.91 Å². The number of rotatable bonds is 5. The third kappa shape index (κ3) is 5.55. The van der Waals surface area contributed by atoms with Crippen LogP contribution in [-0.2, 0) is 4.79 Å². The predicted octanol–water partition coefficient (Wildman–Crippen LogP) is 7.47. The summed E-state index contributed by atoms with van der Waals surface area (Å²) in [5.74, 6) is 2.67. The molecule has 4 rings (SSSR count). The first-order valence-corrected chi connectivity index (χ1v) is 11.6. The van der Waals surface area contributed by atoms with Crippen molar-refractivity contribution in [2.24, 2.45) is 4.99 Å². The molecule has 0 aliphatic carbocycles. The highest BCUT2D eigenvalue weighted by molar-refractivity contribution is 8.19. The van der Waals surface area contributed by atoms with Crippen molar-refractivity contribution in [2.45, 2.75) is 0 Å². The number of anilines is 1. The Kier molecular flexibility index (Phi) is 7.32. The van der Waals surface area contributed by atoms with Crippen LogP contribution in [0.25, 0.3) is 6.08 Å². The van der Waals surface area contributed by atoms with Gasteiger partial charge in [-0.2, -0.15) is 0 Å². The van der Waals surface area contributed by atoms with Crippen molar-refractivity contribution in [3.63, 3.8) is 0 Å². The number of benzene rings is 3. The van der Waals surface area contributed by atoms with Gasteiger partial charge in [-0.1, -0.05) is 46.8 Å². The molecule has 3 aromatic rings. The van der Waals surface area contributed by atoms with Crippen molar-refractivity contribution in [2.75, 3.05) is 11.5 Å². The molecule has 0 N–H and O–H groups in total. The summed E-state index contributed by atoms with van der Waals surface area (Å²) in [4.78, 5) is 20.1. The molecule has 0 spiro atoms. The van der Waals surface area contributed by atoms with Crippen LogP contribution in [0.2, 0.25) is 15.1 Å². The number of aliphatic imine (C=N–C) groups is 1. The highest BCUT2D eigenvalue weighted by atomic mass is 35.5. The molecule has 0 saturated carbocycles. The second-order valence-electron chi connectivity index (χ2n) is 6.78. The molecule has 3 aromatic carbocycles. The number of carbonyl (C=O) groups excluding carboxylic acids is 1. The first-order chi connectivity index (χ1) is 15.9. The number of hydrogen-bond acceptors (Lipinski definition) is 4.